The molecular formula is C30H31F9O3. The van der Waals surface area contributed by atoms with Crippen LogP contribution in [-0.4, -0.2) is 18.8 Å². The van der Waals surface area contributed by atoms with Gasteiger partial charge in [0.2, 0.25) is 0 Å². The van der Waals surface area contributed by atoms with E-state index in [2.05, 4.69) is 28.5 Å². The first kappa shape index (κ1) is 32.0. The molecule has 42 heavy (non-hydrogen) atoms. The predicted molar refractivity (Wildman–Crippen MR) is 135 cm³/mol. The van der Waals surface area contributed by atoms with Crippen LogP contribution in [0.3, 0.4) is 0 Å². The quantitative estimate of drug-likeness (QED) is 0.144. The summed E-state index contributed by atoms with van der Waals surface area (Å²) in [6.45, 7) is 2.65. The van der Waals surface area contributed by atoms with Gasteiger partial charge in [0.1, 0.15) is 28.7 Å². The molecule has 1 saturated carbocycles. The highest BCUT2D eigenvalue weighted by atomic mass is 19.3. The summed E-state index contributed by atoms with van der Waals surface area (Å²) in [7, 11) is 0. The van der Waals surface area contributed by atoms with Crippen molar-refractivity contribution in [2.75, 3.05) is 6.61 Å². The average molecular weight is 611 g/mol. The van der Waals surface area contributed by atoms with Gasteiger partial charge in [-0.05, 0) is 50.9 Å². The van der Waals surface area contributed by atoms with Gasteiger partial charge in [0.05, 0.1) is 18.6 Å². The molecule has 2 aromatic rings. The first-order valence-corrected chi connectivity index (χ1v) is 13.9. The minimum Gasteiger partial charge on any atom is -0.432 e. The van der Waals surface area contributed by atoms with Crippen LogP contribution in [0, 0.1) is 46.8 Å². The fourth-order valence-electron chi connectivity index (χ4n) is 5.43. The number of benzene rings is 2. The number of ether oxygens (including phenoxy) is 3. The molecule has 0 radical (unpaired) electrons. The number of allylic oxidation sites excluding steroid dienone is 1. The molecule has 0 aliphatic heterocycles. The number of hydrogen-bond acceptors (Lipinski definition) is 3. The summed E-state index contributed by atoms with van der Waals surface area (Å²) >= 11 is 0. The van der Waals surface area contributed by atoms with Crippen molar-refractivity contribution >= 4 is 0 Å². The summed E-state index contributed by atoms with van der Waals surface area (Å²) in [6.07, 6.45) is 0.500. The molecular weight excluding hydrogens is 579 g/mol. The molecule has 2 aromatic carbocycles. The van der Waals surface area contributed by atoms with E-state index >= 15 is 0 Å². The predicted octanol–water partition coefficient (Wildman–Crippen LogP) is 9.44. The molecule has 3 nitrogen and oxygen atoms in total. The Hall–Kier alpha value is -2.89. The molecule has 2 unspecified atom stereocenters. The molecule has 0 aromatic heterocycles. The molecule has 1 fully saturated rings. The second-order valence-corrected chi connectivity index (χ2v) is 10.8. The number of halogens is 9. The van der Waals surface area contributed by atoms with E-state index in [9.17, 15) is 39.5 Å². The summed E-state index contributed by atoms with van der Waals surface area (Å²) < 4.78 is 142. The molecule has 0 heterocycles. The van der Waals surface area contributed by atoms with Crippen molar-refractivity contribution in [1.82, 2.24) is 0 Å². The van der Waals surface area contributed by atoms with Gasteiger partial charge in [-0.2, -0.15) is 17.6 Å². The molecule has 0 N–H and O–H groups in total. The third kappa shape index (κ3) is 7.73. The monoisotopic (exact) mass is 610 g/mol. The lowest BCUT2D eigenvalue weighted by atomic mass is 9.85. The van der Waals surface area contributed by atoms with Gasteiger partial charge < -0.3 is 14.2 Å². The number of rotatable bonds is 11. The van der Waals surface area contributed by atoms with Crippen molar-refractivity contribution in [2.24, 2.45) is 17.8 Å². The van der Waals surface area contributed by atoms with Crippen molar-refractivity contribution in [3.05, 3.63) is 71.1 Å². The lowest BCUT2D eigenvalue weighted by Gasteiger charge is -2.34. The maximum absolute atomic E-state index is 14.9. The van der Waals surface area contributed by atoms with E-state index in [1.54, 1.807) is 0 Å². The Balaban J connectivity index is 1.33. The Kier molecular flexibility index (Phi) is 10.1. The van der Waals surface area contributed by atoms with Crippen molar-refractivity contribution in [3.8, 4) is 11.5 Å². The Labute approximate surface area is 237 Å². The lowest BCUT2D eigenvalue weighted by Crippen LogP contribution is -2.38. The highest BCUT2D eigenvalue weighted by molar-refractivity contribution is 5.34. The second kappa shape index (κ2) is 13.2. The van der Waals surface area contributed by atoms with Crippen LogP contribution in [-0.2, 0) is 10.8 Å². The van der Waals surface area contributed by atoms with E-state index in [4.69, 9.17) is 4.74 Å². The van der Waals surface area contributed by atoms with Gasteiger partial charge in [0.25, 0.3) is 0 Å². The van der Waals surface area contributed by atoms with Gasteiger partial charge in [-0.25, -0.2) is 22.0 Å². The fourth-order valence-corrected chi connectivity index (χ4v) is 5.43. The van der Waals surface area contributed by atoms with Crippen LogP contribution in [0.15, 0.2) is 36.4 Å². The molecule has 2 atom stereocenters. The van der Waals surface area contributed by atoms with Crippen LogP contribution < -0.4 is 9.47 Å². The molecule has 2 aliphatic carbocycles. The summed E-state index contributed by atoms with van der Waals surface area (Å²) in [5, 5.41) is 0. The van der Waals surface area contributed by atoms with Crippen LogP contribution in [0.1, 0.15) is 63.9 Å². The molecule has 232 valence electrons. The lowest BCUT2D eigenvalue weighted by molar-refractivity contribution is -0.226. The number of hydrogen-bond donors (Lipinski definition) is 0. The van der Waals surface area contributed by atoms with Crippen molar-refractivity contribution in [3.63, 3.8) is 0 Å². The van der Waals surface area contributed by atoms with E-state index in [1.165, 1.54) is 0 Å². The zero-order valence-corrected chi connectivity index (χ0v) is 22.8. The maximum atomic E-state index is 14.9. The highest BCUT2D eigenvalue weighted by Gasteiger charge is 2.46. The zero-order valence-electron chi connectivity index (χ0n) is 22.8. The van der Waals surface area contributed by atoms with Gasteiger partial charge in [-0.15, -0.1) is 0 Å². The fraction of sp³-hybridized carbons (Fsp3) is 0.533. The van der Waals surface area contributed by atoms with E-state index in [0.717, 1.165) is 25.7 Å². The third-order valence-electron chi connectivity index (χ3n) is 7.68. The first-order valence-electron chi connectivity index (χ1n) is 13.9. The summed E-state index contributed by atoms with van der Waals surface area (Å²) in [5.74, 6) is -12.5. The zero-order chi connectivity index (χ0) is 30.7. The van der Waals surface area contributed by atoms with E-state index in [0.29, 0.717) is 25.4 Å². The van der Waals surface area contributed by atoms with Crippen LogP contribution in [0.25, 0.3) is 0 Å². The molecule has 0 spiro atoms. The van der Waals surface area contributed by atoms with Gasteiger partial charge >= 0.3 is 12.2 Å². The van der Waals surface area contributed by atoms with Gasteiger partial charge in [-0.1, -0.05) is 25.5 Å². The standard InChI is InChI=1S/C30H31F9O3/c1-2-3-17-4-6-18(7-5-17)16-40-20-10-8-19(9-11-20)29(36,37)41-21-12-23(31)27(24(32)13-21)30(38,39)42-22-14-25(33)28(35)26(34)15-22/h4,6,12-15,17-20H,2-3,5,7-11,16H2,1H3. The summed E-state index contributed by atoms with van der Waals surface area (Å²) in [5.41, 5.74) is -2.02. The van der Waals surface area contributed by atoms with Crippen molar-refractivity contribution < 1.29 is 53.7 Å². The van der Waals surface area contributed by atoms with E-state index in [-0.39, 0.29) is 49.1 Å². The largest absolute Gasteiger partial charge is 0.432 e. The minimum atomic E-state index is -4.85. The summed E-state index contributed by atoms with van der Waals surface area (Å²) in [6, 6.07) is 0.366. The smallest absolute Gasteiger partial charge is 0.432 e. The molecule has 12 heteroatoms. The first-order chi connectivity index (χ1) is 19.8. The molecule has 0 bridgehead atoms. The molecule has 2 aliphatic rings. The topological polar surface area (TPSA) is 27.7 Å². The molecule has 0 saturated heterocycles. The van der Waals surface area contributed by atoms with Crippen LogP contribution in [0.5, 0.6) is 11.5 Å². The van der Waals surface area contributed by atoms with Crippen molar-refractivity contribution in [2.45, 2.75) is 76.6 Å². The molecule has 4 rings (SSSR count). The Morgan fingerprint density at radius 2 is 1.21 bits per heavy atom. The van der Waals surface area contributed by atoms with Gasteiger partial charge in [0.15, 0.2) is 17.5 Å². The van der Waals surface area contributed by atoms with Crippen LogP contribution in [0.2, 0.25) is 0 Å². The van der Waals surface area contributed by atoms with Crippen molar-refractivity contribution in [1.29, 1.82) is 0 Å². The normalized spacial score (nSPS) is 23.2. The Morgan fingerprint density at radius 3 is 1.76 bits per heavy atom. The average Bonchev–Trinajstić information content (AvgIpc) is 2.90. The SMILES string of the molecule is CCCC1C=CC(COC2CCC(C(F)(F)Oc3cc(F)c(C(F)(F)Oc4cc(F)c(F)c(F)c4)c(F)c3)CC2)CC1. The van der Waals surface area contributed by atoms with Crippen LogP contribution >= 0.6 is 0 Å². The third-order valence-corrected chi connectivity index (χ3v) is 7.68. The van der Waals surface area contributed by atoms with E-state index in [1.807, 2.05) is 0 Å². The molecule has 0 amide bonds. The Bertz CT molecular complexity index is 1210. The minimum absolute atomic E-state index is 0.0104. The maximum Gasteiger partial charge on any atom is 0.432 e. The van der Waals surface area contributed by atoms with E-state index < -0.39 is 64.3 Å². The highest BCUT2D eigenvalue weighted by Crippen LogP contribution is 2.42. The van der Waals surface area contributed by atoms with Gasteiger partial charge in [0, 0.05) is 30.2 Å². The summed E-state index contributed by atoms with van der Waals surface area (Å²) in [4.78, 5) is 0. The number of alkyl halides is 4. The van der Waals surface area contributed by atoms with Gasteiger partial charge in [-0.3, -0.25) is 0 Å². The van der Waals surface area contributed by atoms with Crippen LogP contribution in [0.4, 0.5) is 39.5 Å². The Morgan fingerprint density at radius 1 is 0.690 bits per heavy atom. The second-order valence-electron chi connectivity index (χ2n) is 10.8.